The molecule has 1 aromatic heterocycles. The SMILES string of the molecule is CCOCc1[nH]c(C(=O)OCc2ccccc2)c(C)c1CC. The number of nitrogens with one attached hydrogen (secondary N) is 1. The lowest BCUT2D eigenvalue weighted by atomic mass is 10.1. The molecule has 0 spiro atoms. The standard InChI is InChI=1S/C18H23NO3/c1-4-15-13(3)17(19-16(15)12-21-5-2)18(20)22-11-14-9-7-6-8-10-14/h6-10,19H,4-5,11-12H2,1-3H3. The van der Waals surface area contributed by atoms with Crippen molar-refractivity contribution in [3.05, 3.63) is 58.4 Å². The molecular weight excluding hydrogens is 278 g/mol. The Kier molecular flexibility index (Phi) is 5.78. The van der Waals surface area contributed by atoms with Crippen molar-refractivity contribution in [2.24, 2.45) is 0 Å². The molecule has 0 aliphatic carbocycles. The summed E-state index contributed by atoms with van der Waals surface area (Å²) in [7, 11) is 0. The quantitative estimate of drug-likeness (QED) is 0.792. The average molecular weight is 301 g/mol. The molecule has 4 nitrogen and oxygen atoms in total. The van der Waals surface area contributed by atoms with E-state index in [0.717, 1.165) is 28.8 Å². The summed E-state index contributed by atoms with van der Waals surface area (Å²) in [6, 6.07) is 9.67. The Bertz CT molecular complexity index is 617. The van der Waals surface area contributed by atoms with Crippen molar-refractivity contribution in [2.45, 2.75) is 40.4 Å². The number of esters is 1. The van der Waals surface area contributed by atoms with Crippen LogP contribution in [0.1, 0.15) is 46.7 Å². The maximum atomic E-state index is 12.3. The molecule has 22 heavy (non-hydrogen) atoms. The Morgan fingerprint density at radius 1 is 1.14 bits per heavy atom. The Morgan fingerprint density at radius 3 is 2.50 bits per heavy atom. The first-order valence-corrected chi connectivity index (χ1v) is 7.66. The molecule has 2 aromatic rings. The Balaban J connectivity index is 2.10. The number of aromatic amines is 1. The second-order valence-electron chi connectivity index (χ2n) is 5.13. The second kappa shape index (κ2) is 7.80. The van der Waals surface area contributed by atoms with E-state index in [-0.39, 0.29) is 12.6 Å². The molecular formula is C18H23NO3. The maximum absolute atomic E-state index is 12.3. The maximum Gasteiger partial charge on any atom is 0.355 e. The van der Waals surface area contributed by atoms with Gasteiger partial charge in [0.25, 0.3) is 0 Å². The largest absolute Gasteiger partial charge is 0.456 e. The van der Waals surface area contributed by atoms with Crippen LogP contribution in [-0.4, -0.2) is 17.6 Å². The van der Waals surface area contributed by atoms with Crippen molar-refractivity contribution < 1.29 is 14.3 Å². The van der Waals surface area contributed by atoms with Crippen LogP contribution in [0.5, 0.6) is 0 Å². The van der Waals surface area contributed by atoms with Gasteiger partial charge in [-0.05, 0) is 37.0 Å². The van der Waals surface area contributed by atoms with Gasteiger partial charge in [-0.3, -0.25) is 0 Å². The molecule has 0 saturated heterocycles. The molecule has 118 valence electrons. The predicted octanol–water partition coefficient (Wildman–Crippen LogP) is 3.78. The lowest BCUT2D eigenvalue weighted by Crippen LogP contribution is -2.07. The summed E-state index contributed by atoms with van der Waals surface area (Å²) >= 11 is 0. The summed E-state index contributed by atoms with van der Waals surface area (Å²) in [6.45, 7) is 7.40. The van der Waals surface area contributed by atoms with Gasteiger partial charge in [-0.1, -0.05) is 37.3 Å². The van der Waals surface area contributed by atoms with E-state index in [0.29, 0.717) is 18.9 Å². The zero-order valence-corrected chi connectivity index (χ0v) is 13.4. The third-order valence-electron chi connectivity index (χ3n) is 3.69. The highest BCUT2D eigenvalue weighted by Gasteiger charge is 2.19. The van der Waals surface area contributed by atoms with Crippen LogP contribution in [0, 0.1) is 6.92 Å². The first-order valence-electron chi connectivity index (χ1n) is 7.66. The van der Waals surface area contributed by atoms with Crippen LogP contribution >= 0.6 is 0 Å². The Labute approximate surface area is 131 Å². The smallest absolute Gasteiger partial charge is 0.355 e. The monoisotopic (exact) mass is 301 g/mol. The van der Waals surface area contributed by atoms with Crippen molar-refractivity contribution in [3.63, 3.8) is 0 Å². The molecule has 0 radical (unpaired) electrons. The topological polar surface area (TPSA) is 51.3 Å². The highest BCUT2D eigenvalue weighted by molar-refractivity contribution is 5.89. The number of carbonyl (C=O) groups is 1. The van der Waals surface area contributed by atoms with Gasteiger partial charge in [-0.2, -0.15) is 0 Å². The van der Waals surface area contributed by atoms with Crippen molar-refractivity contribution in [2.75, 3.05) is 6.61 Å². The van der Waals surface area contributed by atoms with E-state index in [1.54, 1.807) is 0 Å². The molecule has 0 bridgehead atoms. The molecule has 0 atom stereocenters. The number of hydrogen-bond donors (Lipinski definition) is 1. The minimum absolute atomic E-state index is 0.278. The lowest BCUT2D eigenvalue weighted by Gasteiger charge is -2.04. The van der Waals surface area contributed by atoms with Crippen LogP contribution in [0.2, 0.25) is 0 Å². The first kappa shape index (κ1) is 16.3. The van der Waals surface area contributed by atoms with E-state index < -0.39 is 0 Å². The van der Waals surface area contributed by atoms with E-state index in [4.69, 9.17) is 9.47 Å². The predicted molar refractivity (Wildman–Crippen MR) is 85.8 cm³/mol. The van der Waals surface area contributed by atoms with Crippen LogP contribution in [0.3, 0.4) is 0 Å². The van der Waals surface area contributed by atoms with Gasteiger partial charge in [0.15, 0.2) is 0 Å². The van der Waals surface area contributed by atoms with Crippen molar-refractivity contribution in [3.8, 4) is 0 Å². The first-order chi connectivity index (χ1) is 10.7. The molecule has 1 heterocycles. The fourth-order valence-corrected chi connectivity index (χ4v) is 2.50. The molecule has 1 aromatic carbocycles. The van der Waals surface area contributed by atoms with E-state index in [2.05, 4.69) is 11.9 Å². The number of hydrogen-bond acceptors (Lipinski definition) is 3. The molecule has 0 saturated carbocycles. The van der Waals surface area contributed by atoms with Gasteiger partial charge in [0, 0.05) is 12.3 Å². The second-order valence-corrected chi connectivity index (χ2v) is 5.13. The molecule has 0 fully saturated rings. The van der Waals surface area contributed by atoms with Crippen molar-refractivity contribution in [1.29, 1.82) is 0 Å². The van der Waals surface area contributed by atoms with E-state index in [9.17, 15) is 4.79 Å². The van der Waals surface area contributed by atoms with Gasteiger partial charge in [0.2, 0.25) is 0 Å². The van der Waals surface area contributed by atoms with E-state index in [1.807, 2.05) is 44.2 Å². The minimum atomic E-state index is -0.321. The fourth-order valence-electron chi connectivity index (χ4n) is 2.50. The lowest BCUT2D eigenvalue weighted by molar-refractivity contribution is 0.0465. The fraction of sp³-hybridized carbons (Fsp3) is 0.389. The molecule has 0 aliphatic rings. The van der Waals surface area contributed by atoms with Gasteiger partial charge >= 0.3 is 5.97 Å². The third kappa shape index (κ3) is 3.77. The molecule has 4 heteroatoms. The zero-order chi connectivity index (χ0) is 15.9. The Morgan fingerprint density at radius 2 is 1.86 bits per heavy atom. The van der Waals surface area contributed by atoms with Gasteiger partial charge < -0.3 is 14.5 Å². The van der Waals surface area contributed by atoms with Crippen LogP contribution in [0.15, 0.2) is 30.3 Å². The summed E-state index contributed by atoms with van der Waals surface area (Å²) in [5.74, 6) is -0.321. The third-order valence-corrected chi connectivity index (χ3v) is 3.69. The molecule has 0 aliphatic heterocycles. The van der Waals surface area contributed by atoms with Crippen LogP contribution in [-0.2, 0) is 29.1 Å². The zero-order valence-electron chi connectivity index (χ0n) is 13.4. The van der Waals surface area contributed by atoms with Gasteiger partial charge in [0.1, 0.15) is 12.3 Å². The number of aromatic nitrogens is 1. The summed E-state index contributed by atoms with van der Waals surface area (Å²) < 4.78 is 10.9. The van der Waals surface area contributed by atoms with Crippen molar-refractivity contribution in [1.82, 2.24) is 4.98 Å². The summed E-state index contributed by atoms with van der Waals surface area (Å²) in [5, 5.41) is 0. The highest BCUT2D eigenvalue weighted by Crippen LogP contribution is 2.21. The normalized spacial score (nSPS) is 10.7. The molecule has 0 amide bonds. The minimum Gasteiger partial charge on any atom is -0.456 e. The molecule has 2 rings (SSSR count). The van der Waals surface area contributed by atoms with Crippen LogP contribution in [0.4, 0.5) is 0 Å². The summed E-state index contributed by atoms with van der Waals surface area (Å²) in [6.07, 6.45) is 0.858. The van der Waals surface area contributed by atoms with E-state index in [1.165, 1.54) is 0 Å². The van der Waals surface area contributed by atoms with E-state index >= 15 is 0 Å². The van der Waals surface area contributed by atoms with Crippen LogP contribution in [0.25, 0.3) is 0 Å². The van der Waals surface area contributed by atoms with Crippen LogP contribution < -0.4 is 0 Å². The highest BCUT2D eigenvalue weighted by atomic mass is 16.5. The number of H-pyrrole nitrogens is 1. The van der Waals surface area contributed by atoms with Gasteiger partial charge in [-0.25, -0.2) is 4.79 Å². The van der Waals surface area contributed by atoms with Gasteiger partial charge in [0.05, 0.1) is 6.61 Å². The Hall–Kier alpha value is -2.07. The van der Waals surface area contributed by atoms with Crippen molar-refractivity contribution >= 4 is 5.97 Å². The number of ether oxygens (including phenoxy) is 2. The summed E-state index contributed by atoms with van der Waals surface area (Å²) in [4.78, 5) is 15.5. The number of rotatable bonds is 7. The molecule has 1 N–H and O–H groups in total. The average Bonchev–Trinajstić information content (AvgIpc) is 2.87. The number of benzene rings is 1. The number of carbonyl (C=O) groups excluding carboxylic acids is 1. The summed E-state index contributed by atoms with van der Waals surface area (Å²) in [5.41, 5.74) is 4.57. The molecule has 0 unspecified atom stereocenters. The van der Waals surface area contributed by atoms with Gasteiger partial charge in [-0.15, -0.1) is 0 Å².